The number of rotatable bonds is 3. The van der Waals surface area contributed by atoms with Gasteiger partial charge in [0.25, 0.3) is 5.91 Å². The molecular weight excluding hydrogens is 324 g/mol. The van der Waals surface area contributed by atoms with E-state index in [4.69, 9.17) is 9.29 Å². The number of amides is 2. The third-order valence-electron chi connectivity index (χ3n) is 2.51. The molecule has 0 aromatic carbocycles. The predicted molar refractivity (Wildman–Crippen MR) is 77.1 cm³/mol. The van der Waals surface area contributed by atoms with E-state index in [1.807, 2.05) is 0 Å². The van der Waals surface area contributed by atoms with Gasteiger partial charge in [0.1, 0.15) is 11.6 Å². The highest BCUT2D eigenvalue weighted by Crippen LogP contribution is 2.32. The summed E-state index contributed by atoms with van der Waals surface area (Å²) in [4.78, 5) is 23.3. The van der Waals surface area contributed by atoms with Crippen LogP contribution in [0.15, 0.2) is 0 Å². The number of hydrogen-bond acceptors (Lipinski definition) is 6. The molecule has 0 aliphatic carbocycles. The molecule has 1 rings (SSSR count). The minimum Gasteiger partial charge on any atom is -0.444 e. The van der Waals surface area contributed by atoms with Gasteiger partial charge in [0.2, 0.25) is 0 Å². The summed E-state index contributed by atoms with van der Waals surface area (Å²) in [6, 6.07) is -1.01. The molecule has 0 radical (unpaired) electrons. The first-order valence-corrected chi connectivity index (χ1v) is 7.11. The fraction of sp³-hybridized carbons (Fsp3) is 0.800. The summed E-state index contributed by atoms with van der Waals surface area (Å²) in [5.41, 5.74) is -1.88. The van der Waals surface area contributed by atoms with E-state index >= 15 is 0 Å². The van der Waals surface area contributed by atoms with Crippen molar-refractivity contribution >= 4 is 35.9 Å². The lowest BCUT2D eigenvalue weighted by Gasteiger charge is -2.50. The second kappa shape index (κ2) is 5.99. The maximum absolute atomic E-state index is 11.7. The standard InChI is InChI=1S/C10H18N2O7S.H2S/c1-9(2,3)18-8(14)11-6-7(13)12(10(6,4)5)19-20(15,16)17;/h6H,1-5H3,(H,11,14)(H,15,16,17);1H2/t6-;/m1./s1. The maximum Gasteiger partial charge on any atom is 0.418 e. The van der Waals surface area contributed by atoms with Crippen molar-refractivity contribution in [2.75, 3.05) is 0 Å². The molecule has 1 heterocycles. The molecule has 0 aromatic heterocycles. The maximum atomic E-state index is 11.7. The molecule has 0 spiro atoms. The number of ether oxygens (including phenoxy) is 1. The lowest BCUT2D eigenvalue weighted by Crippen LogP contribution is -2.76. The van der Waals surface area contributed by atoms with Crippen molar-refractivity contribution in [3.63, 3.8) is 0 Å². The number of alkyl carbamates (subject to hydrolysis) is 1. The molecular formula is C10H20N2O7S2. The monoisotopic (exact) mass is 344 g/mol. The van der Waals surface area contributed by atoms with E-state index in [1.54, 1.807) is 20.8 Å². The fourth-order valence-corrected chi connectivity index (χ4v) is 2.10. The highest BCUT2D eigenvalue weighted by atomic mass is 32.3. The molecule has 1 saturated heterocycles. The quantitative estimate of drug-likeness (QED) is 0.559. The van der Waals surface area contributed by atoms with Crippen LogP contribution < -0.4 is 5.32 Å². The van der Waals surface area contributed by atoms with Crippen molar-refractivity contribution in [3.05, 3.63) is 0 Å². The Kier molecular flexibility index (Phi) is 5.69. The number of hydrogen-bond donors (Lipinski definition) is 2. The number of carbonyl (C=O) groups is 2. The number of hydroxylamine groups is 2. The Hall–Kier alpha value is -1.04. The van der Waals surface area contributed by atoms with Crippen molar-refractivity contribution < 1.29 is 31.6 Å². The van der Waals surface area contributed by atoms with E-state index in [1.165, 1.54) is 13.8 Å². The van der Waals surface area contributed by atoms with Crippen molar-refractivity contribution in [3.8, 4) is 0 Å². The van der Waals surface area contributed by atoms with Crippen LogP contribution >= 0.6 is 13.5 Å². The fourth-order valence-electron chi connectivity index (χ4n) is 1.65. The van der Waals surface area contributed by atoms with Gasteiger partial charge in [0.15, 0.2) is 0 Å². The van der Waals surface area contributed by atoms with Crippen LogP contribution in [0.1, 0.15) is 34.6 Å². The molecule has 0 aromatic rings. The lowest BCUT2D eigenvalue weighted by molar-refractivity contribution is -0.217. The second-order valence-electron chi connectivity index (χ2n) is 5.87. The Morgan fingerprint density at radius 3 is 2.19 bits per heavy atom. The van der Waals surface area contributed by atoms with Gasteiger partial charge in [0.05, 0.1) is 5.54 Å². The Morgan fingerprint density at radius 1 is 1.38 bits per heavy atom. The molecule has 2 amide bonds. The number of nitrogens with one attached hydrogen (secondary N) is 1. The minimum absolute atomic E-state index is 0. The van der Waals surface area contributed by atoms with E-state index in [0.29, 0.717) is 5.06 Å². The molecule has 21 heavy (non-hydrogen) atoms. The third kappa shape index (κ3) is 5.02. The number of carbonyl (C=O) groups excluding carboxylic acids is 2. The van der Waals surface area contributed by atoms with Gasteiger partial charge in [0, 0.05) is 0 Å². The first kappa shape index (κ1) is 20.0. The molecule has 0 bridgehead atoms. The summed E-state index contributed by atoms with van der Waals surface area (Å²) in [7, 11) is -4.81. The van der Waals surface area contributed by atoms with E-state index in [-0.39, 0.29) is 13.5 Å². The van der Waals surface area contributed by atoms with E-state index in [0.717, 1.165) is 0 Å². The topological polar surface area (TPSA) is 122 Å². The van der Waals surface area contributed by atoms with Crippen LogP contribution in [0.5, 0.6) is 0 Å². The van der Waals surface area contributed by atoms with Crippen molar-refractivity contribution in [2.45, 2.75) is 51.8 Å². The molecule has 1 aliphatic rings. The second-order valence-corrected chi connectivity index (χ2v) is 6.87. The van der Waals surface area contributed by atoms with Crippen LogP contribution in [0.3, 0.4) is 0 Å². The van der Waals surface area contributed by atoms with Crippen LogP contribution in [-0.2, 0) is 24.2 Å². The summed E-state index contributed by atoms with van der Waals surface area (Å²) in [5, 5.41) is 2.80. The largest absolute Gasteiger partial charge is 0.444 e. The molecule has 0 saturated carbocycles. The molecule has 124 valence electrons. The molecule has 9 nitrogen and oxygen atoms in total. The normalized spacial score (nSPS) is 21.1. The summed E-state index contributed by atoms with van der Waals surface area (Å²) in [5.74, 6) is -0.807. The first-order valence-electron chi connectivity index (χ1n) is 5.74. The molecule has 1 fully saturated rings. The predicted octanol–water partition coefficient (Wildman–Crippen LogP) is 0.348. The summed E-state index contributed by atoms with van der Waals surface area (Å²) in [6.45, 7) is 7.90. The average molecular weight is 344 g/mol. The summed E-state index contributed by atoms with van der Waals surface area (Å²) < 4.78 is 38.9. The minimum atomic E-state index is -4.81. The first-order chi connectivity index (χ1) is 8.74. The molecule has 1 aliphatic heterocycles. The van der Waals surface area contributed by atoms with Gasteiger partial charge in [-0.3, -0.25) is 9.35 Å². The number of nitrogens with zero attached hydrogens (tertiary/aromatic N) is 1. The van der Waals surface area contributed by atoms with Gasteiger partial charge < -0.3 is 10.1 Å². The van der Waals surface area contributed by atoms with Crippen LogP contribution in [0.2, 0.25) is 0 Å². The highest BCUT2D eigenvalue weighted by molar-refractivity contribution is 7.80. The molecule has 11 heteroatoms. The zero-order valence-corrected chi connectivity index (χ0v) is 14.1. The van der Waals surface area contributed by atoms with Gasteiger partial charge in [-0.1, -0.05) is 0 Å². The zero-order valence-electron chi connectivity index (χ0n) is 12.3. The summed E-state index contributed by atoms with van der Waals surface area (Å²) in [6.07, 6.45) is -0.810. The number of β-lactam (4-membered cyclic amide) rings is 1. The zero-order chi connectivity index (χ0) is 15.9. The van der Waals surface area contributed by atoms with Crippen molar-refractivity contribution in [2.24, 2.45) is 0 Å². The SMILES string of the molecule is CC(C)(C)OC(=O)N[C@@H]1C(=O)N(OS(=O)(=O)O)C1(C)C.S. The van der Waals surface area contributed by atoms with E-state index in [9.17, 15) is 18.0 Å². The Balaban J connectivity index is 0.00000400. The Labute approximate surface area is 130 Å². The van der Waals surface area contributed by atoms with Crippen LogP contribution in [0.4, 0.5) is 4.79 Å². The van der Waals surface area contributed by atoms with Crippen molar-refractivity contribution in [1.82, 2.24) is 10.4 Å². The van der Waals surface area contributed by atoms with Crippen molar-refractivity contribution in [1.29, 1.82) is 0 Å². The molecule has 2 N–H and O–H groups in total. The van der Waals surface area contributed by atoms with Gasteiger partial charge in [-0.2, -0.15) is 27.0 Å². The van der Waals surface area contributed by atoms with E-state index < -0.39 is 39.6 Å². The van der Waals surface area contributed by atoms with Crippen LogP contribution in [0.25, 0.3) is 0 Å². The molecule has 1 atom stereocenters. The Morgan fingerprint density at radius 2 is 1.86 bits per heavy atom. The summed E-state index contributed by atoms with van der Waals surface area (Å²) >= 11 is 0. The van der Waals surface area contributed by atoms with Crippen LogP contribution in [0, 0.1) is 0 Å². The van der Waals surface area contributed by atoms with Gasteiger partial charge >= 0.3 is 16.5 Å². The Bertz CT molecular complexity index is 524. The highest BCUT2D eigenvalue weighted by Gasteiger charge is 2.58. The third-order valence-corrected chi connectivity index (χ3v) is 2.84. The van der Waals surface area contributed by atoms with Gasteiger partial charge in [-0.05, 0) is 34.6 Å². The smallest absolute Gasteiger partial charge is 0.418 e. The average Bonchev–Trinajstić information content (AvgIpc) is 2.18. The molecule has 0 unspecified atom stereocenters. The van der Waals surface area contributed by atoms with Gasteiger partial charge in [-0.25, -0.2) is 4.79 Å². The van der Waals surface area contributed by atoms with Crippen LogP contribution in [-0.4, -0.2) is 47.2 Å². The lowest BCUT2D eigenvalue weighted by atomic mass is 9.85. The van der Waals surface area contributed by atoms with Gasteiger partial charge in [-0.15, -0.1) is 4.28 Å². The van der Waals surface area contributed by atoms with E-state index in [2.05, 4.69) is 9.60 Å².